The summed E-state index contributed by atoms with van der Waals surface area (Å²) in [4.78, 5) is 12.3. The number of nitrogens with zero attached hydrogens (tertiary/aromatic N) is 3. The van der Waals surface area contributed by atoms with Gasteiger partial charge in [0.15, 0.2) is 17.1 Å². The van der Waals surface area contributed by atoms with Crippen molar-refractivity contribution in [1.82, 2.24) is 14.8 Å². The largest absolute Gasteiger partial charge is 0.497 e. The molecule has 30 heavy (non-hydrogen) atoms. The number of hydrogen-bond acceptors (Lipinski definition) is 6. The quantitative estimate of drug-likeness (QED) is 0.515. The lowest BCUT2D eigenvalue weighted by Gasteiger charge is -2.14. The van der Waals surface area contributed by atoms with Crippen molar-refractivity contribution in [3.05, 3.63) is 59.9 Å². The molecule has 0 saturated carbocycles. The average molecular weight is 427 g/mol. The smallest absolute Gasteiger partial charge is 0.234 e. The van der Waals surface area contributed by atoms with Crippen LogP contribution in [0, 0.1) is 0 Å². The number of nitrogens with one attached hydrogen (secondary N) is 1. The summed E-state index contributed by atoms with van der Waals surface area (Å²) < 4.78 is 13.0. The molecule has 158 valence electrons. The summed E-state index contributed by atoms with van der Waals surface area (Å²) in [5.74, 6) is 2.27. The standard InChI is InChI=1S/C22H26N4O3S/c1-5-16-9-11-18(12-10-16)29-15(2)21-24-25-22(26(21)3)30-14-20(27)23-17-7-6-8-19(13-17)28-4/h6-13,15H,5,14H2,1-4H3,(H,23,27)/t15-/m1/s1. The summed E-state index contributed by atoms with van der Waals surface area (Å²) in [6.45, 7) is 4.05. The molecular formula is C22H26N4O3S. The van der Waals surface area contributed by atoms with Gasteiger partial charge >= 0.3 is 0 Å². The highest BCUT2D eigenvalue weighted by Gasteiger charge is 2.18. The number of anilines is 1. The van der Waals surface area contributed by atoms with Crippen molar-refractivity contribution < 1.29 is 14.3 Å². The zero-order valence-corrected chi connectivity index (χ0v) is 18.4. The molecule has 8 heteroatoms. The lowest BCUT2D eigenvalue weighted by atomic mass is 10.2. The first-order valence-corrected chi connectivity index (χ1v) is 10.7. The Morgan fingerprint density at radius 1 is 1.17 bits per heavy atom. The molecule has 0 bridgehead atoms. The lowest BCUT2D eigenvalue weighted by molar-refractivity contribution is -0.113. The number of aromatic nitrogens is 3. The highest BCUT2D eigenvalue weighted by atomic mass is 32.2. The van der Waals surface area contributed by atoms with E-state index in [0.717, 1.165) is 12.2 Å². The van der Waals surface area contributed by atoms with Gasteiger partial charge in [0.05, 0.1) is 12.9 Å². The topological polar surface area (TPSA) is 78.3 Å². The van der Waals surface area contributed by atoms with Crippen LogP contribution in [-0.4, -0.2) is 33.5 Å². The maximum atomic E-state index is 12.3. The minimum absolute atomic E-state index is 0.127. The average Bonchev–Trinajstić information content (AvgIpc) is 3.13. The summed E-state index contributed by atoms with van der Waals surface area (Å²) in [6, 6.07) is 15.3. The van der Waals surface area contributed by atoms with E-state index in [9.17, 15) is 4.79 Å². The number of methoxy groups -OCH3 is 1. The number of ether oxygens (including phenoxy) is 2. The highest BCUT2D eigenvalue weighted by molar-refractivity contribution is 7.99. The molecule has 1 heterocycles. The summed E-state index contributed by atoms with van der Waals surface area (Å²) in [5.41, 5.74) is 1.95. The molecule has 0 spiro atoms. The third-order valence-corrected chi connectivity index (χ3v) is 5.58. The van der Waals surface area contributed by atoms with Crippen LogP contribution in [0.3, 0.4) is 0 Å². The molecule has 3 aromatic rings. The molecule has 1 amide bonds. The first-order valence-electron chi connectivity index (χ1n) is 9.71. The molecule has 1 aromatic heterocycles. The van der Waals surface area contributed by atoms with Gasteiger partial charge in [-0.3, -0.25) is 4.79 Å². The zero-order chi connectivity index (χ0) is 21.5. The third-order valence-electron chi connectivity index (χ3n) is 4.56. The van der Waals surface area contributed by atoms with E-state index in [1.165, 1.54) is 17.3 Å². The number of hydrogen-bond donors (Lipinski definition) is 1. The Bertz CT molecular complexity index is 988. The highest BCUT2D eigenvalue weighted by Crippen LogP contribution is 2.24. The Morgan fingerprint density at radius 2 is 1.93 bits per heavy atom. The van der Waals surface area contributed by atoms with Gasteiger partial charge in [-0.05, 0) is 43.2 Å². The lowest BCUT2D eigenvalue weighted by Crippen LogP contribution is -2.15. The molecule has 0 aliphatic carbocycles. The maximum Gasteiger partial charge on any atom is 0.234 e. The second-order valence-electron chi connectivity index (χ2n) is 6.73. The van der Waals surface area contributed by atoms with E-state index in [1.54, 1.807) is 13.2 Å². The van der Waals surface area contributed by atoms with E-state index >= 15 is 0 Å². The SMILES string of the molecule is CCc1ccc(O[C@H](C)c2nnc(SCC(=O)Nc3cccc(OC)c3)n2C)cc1. The molecule has 0 aliphatic heterocycles. The van der Waals surface area contributed by atoms with Gasteiger partial charge < -0.3 is 19.4 Å². The van der Waals surface area contributed by atoms with Gasteiger partial charge in [0.1, 0.15) is 11.5 Å². The summed E-state index contributed by atoms with van der Waals surface area (Å²) in [6.07, 6.45) is 0.723. The van der Waals surface area contributed by atoms with E-state index in [1.807, 2.05) is 48.9 Å². The molecule has 0 radical (unpaired) electrons. The summed E-state index contributed by atoms with van der Waals surface area (Å²) >= 11 is 1.32. The van der Waals surface area contributed by atoms with Gasteiger partial charge in [-0.15, -0.1) is 10.2 Å². The fourth-order valence-corrected chi connectivity index (χ4v) is 3.61. The minimum atomic E-state index is -0.269. The van der Waals surface area contributed by atoms with Gasteiger partial charge in [0.25, 0.3) is 0 Å². The number of carbonyl (C=O) groups is 1. The van der Waals surface area contributed by atoms with Crippen LogP contribution in [0.5, 0.6) is 11.5 Å². The predicted octanol–water partition coefficient (Wildman–Crippen LogP) is 4.26. The van der Waals surface area contributed by atoms with Crippen LogP contribution in [0.1, 0.15) is 31.3 Å². The van der Waals surface area contributed by atoms with Gasteiger partial charge in [-0.1, -0.05) is 36.9 Å². The molecule has 0 saturated heterocycles. The van der Waals surface area contributed by atoms with Crippen LogP contribution in [0.2, 0.25) is 0 Å². The van der Waals surface area contributed by atoms with Crippen LogP contribution in [0.15, 0.2) is 53.7 Å². The first-order chi connectivity index (χ1) is 14.5. The Labute approximate surface area is 180 Å². The van der Waals surface area contributed by atoms with Crippen LogP contribution < -0.4 is 14.8 Å². The number of rotatable bonds is 9. The Hall–Kier alpha value is -3.00. The maximum absolute atomic E-state index is 12.3. The van der Waals surface area contributed by atoms with E-state index < -0.39 is 0 Å². The predicted molar refractivity (Wildman–Crippen MR) is 118 cm³/mol. The molecule has 1 N–H and O–H groups in total. The number of amides is 1. The monoisotopic (exact) mass is 426 g/mol. The Morgan fingerprint density at radius 3 is 2.63 bits per heavy atom. The van der Waals surface area contributed by atoms with Crippen LogP contribution >= 0.6 is 11.8 Å². The fourth-order valence-electron chi connectivity index (χ4n) is 2.89. The van der Waals surface area contributed by atoms with Crippen molar-refractivity contribution in [3.8, 4) is 11.5 Å². The van der Waals surface area contributed by atoms with Crippen molar-refractivity contribution in [2.24, 2.45) is 7.05 Å². The van der Waals surface area contributed by atoms with Crippen LogP contribution in [-0.2, 0) is 18.3 Å². The molecular weight excluding hydrogens is 400 g/mol. The fraction of sp³-hybridized carbons (Fsp3) is 0.318. The Balaban J connectivity index is 1.56. The number of aryl methyl sites for hydroxylation is 1. The third kappa shape index (κ3) is 5.54. The normalized spacial score (nSPS) is 11.7. The van der Waals surface area contributed by atoms with E-state index in [4.69, 9.17) is 9.47 Å². The number of carbonyl (C=O) groups excluding carboxylic acids is 1. The van der Waals surface area contributed by atoms with Crippen LogP contribution in [0.4, 0.5) is 5.69 Å². The van der Waals surface area contributed by atoms with E-state index in [-0.39, 0.29) is 17.8 Å². The number of benzene rings is 2. The van der Waals surface area contributed by atoms with Crippen molar-refractivity contribution in [2.75, 3.05) is 18.2 Å². The van der Waals surface area contributed by atoms with Gasteiger partial charge in [0, 0.05) is 18.8 Å². The number of thioether (sulfide) groups is 1. The van der Waals surface area contributed by atoms with Crippen LogP contribution in [0.25, 0.3) is 0 Å². The summed E-state index contributed by atoms with van der Waals surface area (Å²) in [7, 11) is 3.46. The van der Waals surface area contributed by atoms with Gasteiger partial charge in [-0.25, -0.2) is 0 Å². The van der Waals surface area contributed by atoms with Crippen molar-refractivity contribution in [1.29, 1.82) is 0 Å². The van der Waals surface area contributed by atoms with E-state index in [2.05, 4.69) is 34.6 Å². The molecule has 0 aliphatic rings. The van der Waals surface area contributed by atoms with E-state index in [0.29, 0.717) is 22.4 Å². The zero-order valence-electron chi connectivity index (χ0n) is 17.6. The second-order valence-corrected chi connectivity index (χ2v) is 7.67. The van der Waals surface area contributed by atoms with Gasteiger partial charge in [-0.2, -0.15) is 0 Å². The van der Waals surface area contributed by atoms with Crippen molar-refractivity contribution in [2.45, 2.75) is 31.5 Å². The molecule has 0 unspecified atom stereocenters. The van der Waals surface area contributed by atoms with Gasteiger partial charge in [0.2, 0.25) is 5.91 Å². The van der Waals surface area contributed by atoms with Crippen molar-refractivity contribution in [3.63, 3.8) is 0 Å². The minimum Gasteiger partial charge on any atom is -0.497 e. The molecule has 7 nitrogen and oxygen atoms in total. The summed E-state index contributed by atoms with van der Waals surface area (Å²) in [5, 5.41) is 12.0. The molecule has 2 aromatic carbocycles. The second kappa shape index (κ2) is 10.2. The molecule has 0 fully saturated rings. The molecule has 3 rings (SSSR count). The Kier molecular flexibility index (Phi) is 7.35. The first kappa shape index (κ1) is 21.7. The van der Waals surface area contributed by atoms with Crippen molar-refractivity contribution >= 4 is 23.4 Å². The molecule has 1 atom stereocenters.